The van der Waals surface area contributed by atoms with Crippen LogP contribution in [0.4, 0.5) is 16.2 Å². The summed E-state index contributed by atoms with van der Waals surface area (Å²) in [4.78, 5) is 28.7. The SMILES string of the molecule is O=C(Nc1cccc([N+](=O)[O-])c1)N1CCCC1c1cccnc1. The van der Waals surface area contributed by atoms with Gasteiger partial charge >= 0.3 is 6.03 Å². The Labute approximate surface area is 133 Å². The number of rotatable bonds is 3. The first-order valence-corrected chi connectivity index (χ1v) is 7.37. The summed E-state index contributed by atoms with van der Waals surface area (Å²) in [7, 11) is 0. The Balaban J connectivity index is 1.75. The highest BCUT2D eigenvalue weighted by Crippen LogP contribution is 2.32. The molecule has 0 bridgehead atoms. The number of hydrogen-bond acceptors (Lipinski definition) is 4. The lowest BCUT2D eigenvalue weighted by atomic mass is 10.1. The molecule has 1 aliphatic rings. The van der Waals surface area contributed by atoms with Gasteiger partial charge in [-0.1, -0.05) is 12.1 Å². The molecule has 0 radical (unpaired) electrons. The van der Waals surface area contributed by atoms with Crippen molar-refractivity contribution in [3.8, 4) is 0 Å². The van der Waals surface area contributed by atoms with Gasteiger partial charge in [-0.3, -0.25) is 15.1 Å². The van der Waals surface area contributed by atoms with Crippen molar-refractivity contribution in [1.29, 1.82) is 0 Å². The number of likely N-dealkylation sites (tertiary alicyclic amines) is 1. The van der Waals surface area contributed by atoms with E-state index in [1.165, 1.54) is 12.1 Å². The first-order valence-electron chi connectivity index (χ1n) is 7.37. The van der Waals surface area contributed by atoms with E-state index in [9.17, 15) is 14.9 Å². The minimum absolute atomic E-state index is 0.0117. The summed E-state index contributed by atoms with van der Waals surface area (Å²) in [5.74, 6) is 0. The Hall–Kier alpha value is -2.96. The van der Waals surface area contributed by atoms with Crippen LogP contribution in [-0.2, 0) is 0 Å². The highest BCUT2D eigenvalue weighted by atomic mass is 16.6. The van der Waals surface area contributed by atoms with Gasteiger partial charge in [0, 0.05) is 36.8 Å². The zero-order chi connectivity index (χ0) is 16.2. The van der Waals surface area contributed by atoms with Gasteiger partial charge in [-0.15, -0.1) is 0 Å². The minimum atomic E-state index is -0.482. The molecule has 118 valence electrons. The Bertz CT molecular complexity index is 720. The zero-order valence-electron chi connectivity index (χ0n) is 12.4. The van der Waals surface area contributed by atoms with Crippen molar-refractivity contribution in [3.63, 3.8) is 0 Å². The van der Waals surface area contributed by atoms with Crippen molar-refractivity contribution in [3.05, 3.63) is 64.5 Å². The van der Waals surface area contributed by atoms with Crippen LogP contribution in [0.15, 0.2) is 48.8 Å². The largest absolute Gasteiger partial charge is 0.322 e. The predicted octanol–water partition coefficient (Wildman–Crippen LogP) is 3.36. The van der Waals surface area contributed by atoms with Crippen LogP contribution < -0.4 is 5.32 Å². The number of aromatic nitrogens is 1. The number of non-ortho nitro benzene ring substituents is 1. The Morgan fingerprint density at radius 3 is 2.96 bits per heavy atom. The van der Waals surface area contributed by atoms with Gasteiger partial charge < -0.3 is 10.2 Å². The van der Waals surface area contributed by atoms with E-state index in [4.69, 9.17) is 0 Å². The number of carbonyl (C=O) groups excluding carboxylic acids is 1. The van der Waals surface area contributed by atoms with Gasteiger partial charge in [0.05, 0.1) is 11.0 Å². The van der Waals surface area contributed by atoms with Crippen LogP contribution in [0.1, 0.15) is 24.4 Å². The maximum atomic E-state index is 12.5. The molecular weight excluding hydrogens is 296 g/mol. The smallest absolute Gasteiger partial charge is 0.317 e. The van der Waals surface area contributed by atoms with E-state index in [0.29, 0.717) is 12.2 Å². The number of nitrogens with one attached hydrogen (secondary N) is 1. The summed E-state index contributed by atoms with van der Waals surface area (Å²) in [6.07, 6.45) is 5.27. The summed E-state index contributed by atoms with van der Waals surface area (Å²) in [5.41, 5.74) is 1.37. The Morgan fingerprint density at radius 1 is 1.35 bits per heavy atom. The average molecular weight is 312 g/mol. The molecule has 1 N–H and O–H groups in total. The van der Waals surface area contributed by atoms with E-state index < -0.39 is 4.92 Å². The molecular formula is C16H16N4O3. The summed E-state index contributed by atoms with van der Waals surface area (Å²) in [6.45, 7) is 0.653. The van der Waals surface area contributed by atoms with Gasteiger partial charge in [0.1, 0.15) is 0 Å². The number of anilines is 1. The lowest BCUT2D eigenvalue weighted by molar-refractivity contribution is -0.384. The maximum Gasteiger partial charge on any atom is 0.322 e. The second-order valence-corrected chi connectivity index (χ2v) is 5.38. The maximum absolute atomic E-state index is 12.5. The van der Waals surface area contributed by atoms with Crippen LogP contribution >= 0.6 is 0 Å². The van der Waals surface area contributed by atoms with Crippen LogP contribution in [-0.4, -0.2) is 27.4 Å². The molecule has 2 heterocycles. The predicted molar refractivity (Wildman–Crippen MR) is 85.0 cm³/mol. The topological polar surface area (TPSA) is 88.4 Å². The highest BCUT2D eigenvalue weighted by molar-refractivity contribution is 5.90. The average Bonchev–Trinajstić information content (AvgIpc) is 3.05. The van der Waals surface area contributed by atoms with Gasteiger partial charge in [-0.25, -0.2) is 4.79 Å². The zero-order valence-corrected chi connectivity index (χ0v) is 12.4. The highest BCUT2D eigenvalue weighted by Gasteiger charge is 2.30. The van der Waals surface area contributed by atoms with Crippen LogP contribution in [0.3, 0.4) is 0 Å². The molecule has 1 unspecified atom stereocenters. The second-order valence-electron chi connectivity index (χ2n) is 5.38. The molecule has 1 saturated heterocycles. The molecule has 1 aromatic heterocycles. The van der Waals surface area contributed by atoms with Gasteiger partial charge in [-0.2, -0.15) is 0 Å². The number of carbonyl (C=O) groups is 1. The second kappa shape index (κ2) is 6.43. The van der Waals surface area contributed by atoms with Crippen molar-refractivity contribution in [2.45, 2.75) is 18.9 Å². The van der Waals surface area contributed by atoms with Gasteiger partial charge in [-0.05, 0) is 30.5 Å². The van der Waals surface area contributed by atoms with Crippen molar-refractivity contribution < 1.29 is 9.72 Å². The fraction of sp³-hybridized carbons (Fsp3) is 0.250. The molecule has 1 atom stereocenters. The fourth-order valence-corrected chi connectivity index (χ4v) is 2.82. The summed E-state index contributed by atoms with van der Waals surface area (Å²) >= 11 is 0. The van der Waals surface area contributed by atoms with E-state index in [1.54, 1.807) is 29.4 Å². The third-order valence-corrected chi connectivity index (χ3v) is 3.89. The van der Waals surface area contributed by atoms with Crippen molar-refractivity contribution in [1.82, 2.24) is 9.88 Å². The minimum Gasteiger partial charge on any atom is -0.317 e. The van der Waals surface area contributed by atoms with E-state index in [0.717, 1.165) is 18.4 Å². The van der Waals surface area contributed by atoms with E-state index in [1.807, 2.05) is 12.1 Å². The Kier molecular flexibility index (Phi) is 4.18. The van der Waals surface area contributed by atoms with Crippen molar-refractivity contribution in [2.75, 3.05) is 11.9 Å². The summed E-state index contributed by atoms with van der Waals surface area (Å²) in [5, 5.41) is 13.5. The number of nitro groups is 1. The van der Waals surface area contributed by atoms with Crippen molar-refractivity contribution in [2.24, 2.45) is 0 Å². The van der Waals surface area contributed by atoms with Crippen LogP contribution in [0, 0.1) is 10.1 Å². The first-order chi connectivity index (χ1) is 11.1. The van der Waals surface area contributed by atoms with Gasteiger partial charge in [0.2, 0.25) is 0 Å². The van der Waals surface area contributed by atoms with Crippen molar-refractivity contribution >= 4 is 17.4 Å². The molecule has 1 fully saturated rings. The third kappa shape index (κ3) is 3.28. The molecule has 0 saturated carbocycles. The molecule has 7 heteroatoms. The first kappa shape index (κ1) is 15.0. The molecule has 1 aliphatic heterocycles. The molecule has 7 nitrogen and oxygen atoms in total. The molecule has 0 aliphatic carbocycles. The summed E-state index contributed by atoms with van der Waals surface area (Å²) in [6, 6.07) is 9.48. The molecule has 2 amide bonds. The molecule has 1 aromatic carbocycles. The normalized spacial score (nSPS) is 17.0. The summed E-state index contributed by atoms with van der Waals surface area (Å²) < 4.78 is 0. The van der Waals surface area contributed by atoms with E-state index in [-0.39, 0.29) is 17.8 Å². The number of nitro benzene ring substituents is 1. The quantitative estimate of drug-likeness (QED) is 0.695. The van der Waals surface area contributed by atoms with E-state index >= 15 is 0 Å². The number of hydrogen-bond donors (Lipinski definition) is 1. The number of pyridine rings is 1. The molecule has 3 rings (SSSR count). The van der Waals surface area contributed by atoms with Gasteiger partial charge in [0.15, 0.2) is 0 Å². The lowest BCUT2D eigenvalue weighted by Crippen LogP contribution is -2.34. The monoisotopic (exact) mass is 312 g/mol. The van der Waals surface area contributed by atoms with Crippen LogP contribution in [0.2, 0.25) is 0 Å². The molecule has 2 aromatic rings. The number of benzene rings is 1. The van der Waals surface area contributed by atoms with Gasteiger partial charge in [0.25, 0.3) is 5.69 Å². The lowest BCUT2D eigenvalue weighted by Gasteiger charge is -2.25. The fourth-order valence-electron chi connectivity index (χ4n) is 2.82. The number of amides is 2. The van der Waals surface area contributed by atoms with Crippen LogP contribution in [0.5, 0.6) is 0 Å². The molecule has 0 spiro atoms. The van der Waals surface area contributed by atoms with Crippen LogP contribution in [0.25, 0.3) is 0 Å². The Morgan fingerprint density at radius 2 is 2.22 bits per heavy atom. The van der Waals surface area contributed by atoms with E-state index in [2.05, 4.69) is 10.3 Å². The third-order valence-electron chi connectivity index (χ3n) is 3.89. The standard InChI is InChI=1S/C16H16N4O3/c21-16(18-13-5-1-6-14(10-13)20(22)23)19-9-3-7-15(19)12-4-2-8-17-11-12/h1-2,4-6,8,10-11,15H,3,7,9H2,(H,18,21). The molecule has 23 heavy (non-hydrogen) atoms. The number of nitrogens with zero attached hydrogens (tertiary/aromatic N) is 3. The number of urea groups is 1.